The molecular formula is C21H26ClN2O4+. The molecule has 0 unspecified atom stereocenters. The Bertz CT molecular complexity index is 789. The summed E-state index contributed by atoms with van der Waals surface area (Å²) >= 11 is 5.88. The van der Waals surface area contributed by atoms with Crippen LogP contribution in [0.4, 0.5) is 0 Å². The van der Waals surface area contributed by atoms with Crippen LogP contribution in [0.5, 0.6) is 17.2 Å². The van der Waals surface area contributed by atoms with Gasteiger partial charge in [0.2, 0.25) is 0 Å². The highest BCUT2D eigenvalue weighted by molar-refractivity contribution is 6.30. The molecule has 3 rings (SSSR count). The maximum atomic E-state index is 12.9. The summed E-state index contributed by atoms with van der Waals surface area (Å²) in [6.45, 7) is 4.72. The molecule has 1 saturated heterocycles. The molecule has 0 radical (unpaired) electrons. The summed E-state index contributed by atoms with van der Waals surface area (Å²) in [7, 11) is 3.16. The minimum atomic E-state index is -0.0211. The Morgan fingerprint density at radius 2 is 1.71 bits per heavy atom. The first-order valence-electron chi connectivity index (χ1n) is 9.34. The Hall–Kier alpha value is -2.44. The molecule has 1 N–H and O–H groups in total. The zero-order valence-electron chi connectivity index (χ0n) is 16.2. The van der Waals surface area contributed by atoms with E-state index in [1.54, 1.807) is 32.4 Å². The summed E-state index contributed by atoms with van der Waals surface area (Å²) in [6, 6.07) is 12.7. The molecule has 2 aromatic rings. The van der Waals surface area contributed by atoms with Crippen molar-refractivity contribution in [2.24, 2.45) is 0 Å². The quantitative estimate of drug-likeness (QED) is 0.763. The van der Waals surface area contributed by atoms with E-state index in [2.05, 4.69) is 0 Å². The van der Waals surface area contributed by atoms with Crippen LogP contribution < -0.4 is 19.1 Å². The van der Waals surface area contributed by atoms with Crippen LogP contribution in [-0.4, -0.2) is 64.4 Å². The molecular weight excluding hydrogens is 380 g/mol. The number of hydrogen-bond donors (Lipinski definition) is 1. The molecule has 0 atom stereocenters. The van der Waals surface area contributed by atoms with Gasteiger partial charge in [-0.25, -0.2) is 0 Å². The minimum absolute atomic E-state index is 0.0211. The zero-order valence-corrected chi connectivity index (χ0v) is 17.0. The van der Waals surface area contributed by atoms with Crippen molar-refractivity contribution >= 4 is 17.5 Å². The van der Waals surface area contributed by atoms with Gasteiger partial charge in [-0.05, 0) is 42.5 Å². The van der Waals surface area contributed by atoms with Gasteiger partial charge in [0, 0.05) is 5.02 Å². The number of rotatable bonds is 7. The van der Waals surface area contributed by atoms with Gasteiger partial charge in [0.15, 0.2) is 0 Å². The predicted octanol–water partition coefficient (Wildman–Crippen LogP) is 1.78. The number of methoxy groups -OCH3 is 2. The van der Waals surface area contributed by atoms with Gasteiger partial charge in [0.1, 0.15) is 30.4 Å². The summed E-state index contributed by atoms with van der Waals surface area (Å²) in [4.78, 5) is 16.2. The third-order valence-corrected chi connectivity index (χ3v) is 5.18. The van der Waals surface area contributed by atoms with Crippen LogP contribution in [0.2, 0.25) is 5.02 Å². The van der Waals surface area contributed by atoms with Crippen molar-refractivity contribution in [3.63, 3.8) is 0 Å². The summed E-state index contributed by atoms with van der Waals surface area (Å²) in [6.07, 6.45) is 0. The SMILES string of the molecule is COc1ccc(OC)c(C(=O)N2CC[NH+](CCOc3ccc(Cl)cc3)CC2)c1. The number of amides is 1. The summed E-state index contributed by atoms with van der Waals surface area (Å²) < 4.78 is 16.4. The molecule has 1 aliphatic rings. The summed E-state index contributed by atoms with van der Waals surface area (Å²) in [5.41, 5.74) is 0.538. The monoisotopic (exact) mass is 405 g/mol. The standard InChI is InChI=1S/C21H25ClN2O4/c1-26-18-7-8-20(27-2)19(15-18)21(25)24-11-9-23(10-12-24)13-14-28-17-5-3-16(22)4-6-17/h3-8,15H,9-14H2,1-2H3/p+1. The van der Waals surface area contributed by atoms with Crippen LogP contribution in [0.25, 0.3) is 0 Å². The lowest BCUT2D eigenvalue weighted by molar-refractivity contribution is -0.903. The zero-order chi connectivity index (χ0) is 19.9. The molecule has 1 amide bonds. The average Bonchev–Trinajstić information content (AvgIpc) is 2.74. The van der Waals surface area contributed by atoms with Crippen molar-refractivity contribution < 1.29 is 23.9 Å². The highest BCUT2D eigenvalue weighted by Gasteiger charge is 2.26. The van der Waals surface area contributed by atoms with E-state index in [1.807, 2.05) is 29.2 Å². The lowest BCUT2D eigenvalue weighted by Gasteiger charge is -2.32. The third kappa shape index (κ3) is 5.09. The molecule has 6 nitrogen and oxygen atoms in total. The molecule has 0 bridgehead atoms. The third-order valence-electron chi connectivity index (χ3n) is 4.93. The minimum Gasteiger partial charge on any atom is -0.497 e. The van der Waals surface area contributed by atoms with Crippen LogP contribution in [0.15, 0.2) is 42.5 Å². The molecule has 0 spiro atoms. The second-order valence-electron chi connectivity index (χ2n) is 6.66. The number of quaternary nitrogens is 1. The van der Waals surface area contributed by atoms with Crippen molar-refractivity contribution in [1.82, 2.24) is 4.90 Å². The number of carbonyl (C=O) groups excluding carboxylic acids is 1. The average molecular weight is 406 g/mol. The molecule has 1 fully saturated rings. The molecule has 150 valence electrons. The Morgan fingerprint density at radius 3 is 2.36 bits per heavy atom. The highest BCUT2D eigenvalue weighted by atomic mass is 35.5. The topological polar surface area (TPSA) is 52.4 Å². The fourth-order valence-electron chi connectivity index (χ4n) is 3.27. The van der Waals surface area contributed by atoms with Crippen LogP contribution in [0, 0.1) is 0 Å². The first-order valence-corrected chi connectivity index (χ1v) is 9.71. The predicted molar refractivity (Wildman–Crippen MR) is 108 cm³/mol. The summed E-state index contributed by atoms with van der Waals surface area (Å²) in [5, 5.41) is 0.700. The van der Waals surface area contributed by atoms with E-state index in [0.29, 0.717) is 41.8 Å². The van der Waals surface area contributed by atoms with Crippen LogP contribution >= 0.6 is 11.6 Å². The van der Waals surface area contributed by atoms with E-state index in [0.717, 1.165) is 25.4 Å². The van der Waals surface area contributed by atoms with Gasteiger partial charge in [-0.15, -0.1) is 0 Å². The maximum Gasteiger partial charge on any atom is 0.258 e. The normalized spacial score (nSPS) is 14.6. The van der Waals surface area contributed by atoms with Crippen molar-refractivity contribution in [3.05, 3.63) is 53.1 Å². The number of carbonyl (C=O) groups is 1. The molecule has 28 heavy (non-hydrogen) atoms. The number of hydrogen-bond acceptors (Lipinski definition) is 4. The number of piperazine rings is 1. The van der Waals surface area contributed by atoms with E-state index < -0.39 is 0 Å². The van der Waals surface area contributed by atoms with Gasteiger partial charge in [0.05, 0.1) is 46.0 Å². The fourth-order valence-corrected chi connectivity index (χ4v) is 3.40. The smallest absolute Gasteiger partial charge is 0.258 e. The Labute approximate surface area is 170 Å². The molecule has 7 heteroatoms. The first kappa shape index (κ1) is 20.3. The number of nitrogens with zero attached hydrogens (tertiary/aromatic N) is 1. The molecule has 2 aromatic carbocycles. The van der Waals surface area contributed by atoms with E-state index in [4.69, 9.17) is 25.8 Å². The Morgan fingerprint density at radius 1 is 1.04 bits per heavy atom. The molecule has 0 aromatic heterocycles. The maximum absolute atomic E-state index is 12.9. The highest BCUT2D eigenvalue weighted by Crippen LogP contribution is 2.25. The summed E-state index contributed by atoms with van der Waals surface area (Å²) in [5.74, 6) is 2.01. The second kappa shape index (κ2) is 9.66. The molecule has 0 saturated carbocycles. The van der Waals surface area contributed by atoms with Gasteiger partial charge < -0.3 is 24.0 Å². The number of halogens is 1. The van der Waals surface area contributed by atoms with Gasteiger partial charge >= 0.3 is 0 Å². The lowest BCUT2D eigenvalue weighted by Crippen LogP contribution is -3.15. The number of nitrogens with one attached hydrogen (secondary N) is 1. The van der Waals surface area contributed by atoms with Crippen molar-refractivity contribution in [3.8, 4) is 17.2 Å². The second-order valence-corrected chi connectivity index (χ2v) is 7.10. The lowest BCUT2D eigenvalue weighted by atomic mass is 10.1. The molecule has 1 heterocycles. The van der Waals surface area contributed by atoms with E-state index >= 15 is 0 Å². The first-order chi connectivity index (χ1) is 13.6. The van der Waals surface area contributed by atoms with E-state index in [1.165, 1.54) is 4.90 Å². The van der Waals surface area contributed by atoms with E-state index in [-0.39, 0.29) is 5.91 Å². The van der Waals surface area contributed by atoms with E-state index in [9.17, 15) is 4.79 Å². The van der Waals surface area contributed by atoms with Crippen molar-refractivity contribution in [2.75, 3.05) is 53.6 Å². The van der Waals surface area contributed by atoms with Crippen molar-refractivity contribution in [1.29, 1.82) is 0 Å². The van der Waals surface area contributed by atoms with Crippen LogP contribution in [0.1, 0.15) is 10.4 Å². The van der Waals surface area contributed by atoms with Crippen LogP contribution in [0.3, 0.4) is 0 Å². The Balaban J connectivity index is 1.49. The molecule has 0 aliphatic carbocycles. The Kier molecular flexibility index (Phi) is 7.01. The number of ether oxygens (including phenoxy) is 3. The van der Waals surface area contributed by atoms with Gasteiger partial charge in [0.25, 0.3) is 5.91 Å². The van der Waals surface area contributed by atoms with Crippen LogP contribution in [-0.2, 0) is 0 Å². The molecule has 1 aliphatic heterocycles. The largest absolute Gasteiger partial charge is 0.497 e. The van der Waals surface area contributed by atoms with Gasteiger partial charge in [-0.1, -0.05) is 11.6 Å². The van der Waals surface area contributed by atoms with Gasteiger partial charge in [-0.2, -0.15) is 0 Å². The van der Waals surface area contributed by atoms with Gasteiger partial charge in [-0.3, -0.25) is 4.79 Å². The number of benzene rings is 2. The van der Waals surface area contributed by atoms with Crippen molar-refractivity contribution in [2.45, 2.75) is 0 Å². The fraction of sp³-hybridized carbons (Fsp3) is 0.381.